The average molecular weight is 292 g/mol. The Hall–Kier alpha value is -1.76. The molecule has 0 N–H and O–H groups in total. The van der Waals surface area contributed by atoms with Crippen molar-refractivity contribution in [3.8, 4) is 0 Å². The predicted octanol–water partition coefficient (Wildman–Crippen LogP) is 2.30. The summed E-state index contributed by atoms with van der Waals surface area (Å²) in [5, 5.41) is 3.67. The molecular formula is C11H9ClF3N3O. The maximum absolute atomic E-state index is 12.6. The zero-order valence-electron chi connectivity index (χ0n) is 9.78. The summed E-state index contributed by atoms with van der Waals surface area (Å²) in [6.07, 6.45) is -4.67. The van der Waals surface area contributed by atoms with Gasteiger partial charge in [-0.1, -0.05) is 29.8 Å². The van der Waals surface area contributed by atoms with Gasteiger partial charge in [-0.05, 0) is 11.6 Å². The van der Waals surface area contributed by atoms with Gasteiger partial charge in [0.15, 0.2) is 0 Å². The van der Waals surface area contributed by atoms with E-state index in [1.165, 1.54) is 0 Å². The zero-order chi connectivity index (χ0) is 14.2. The minimum atomic E-state index is -4.67. The van der Waals surface area contributed by atoms with Crippen LogP contribution in [0.3, 0.4) is 0 Å². The molecule has 0 radical (unpaired) electrons. The first-order valence-corrected chi connectivity index (χ1v) is 5.63. The van der Waals surface area contributed by atoms with Gasteiger partial charge in [0, 0.05) is 12.1 Å². The molecule has 1 aromatic carbocycles. The van der Waals surface area contributed by atoms with Crippen molar-refractivity contribution in [3.63, 3.8) is 0 Å². The highest BCUT2D eigenvalue weighted by Gasteiger charge is 2.37. The van der Waals surface area contributed by atoms with E-state index >= 15 is 0 Å². The maximum atomic E-state index is 12.6. The van der Waals surface area contributed by atoms with E-state index in [4.69, 9.17) is 11.6 Å². The SMILES string of the molecule is Cn1c(C(F)(F)F)nn(Cc2ccccc2Cl)c1=O. The lowest BCUT2D eigenvalue weighted by Gasteiger charge is -2.03. The van der Waals surface area contributed by atoms with Gasteiger partial charge in [0.2, 0.25) is 5.82 Å². The Morgan fingerprint density at radius 2 is 1.95 bits per heavy atom. The van der Waals surface area contributed by atoms with Crippen LogP contribution in [-0.2, 0) is 19.8 Å². The topological polar surface area (TPSA) is 39.8 Å². The van der Waals surface area contributed by atoms with Gasteiger partial charge in [0.1, 0.15) is 0 Å². The molecule has 2 rings (SSSR count). The molecule has 0 fully saturated rings. The van der Waals surface area contributed by atoms with E-state index in [1.54, 1.807) is 24.3 Å². The fourth-order valence-corrected chi connectivity index (χ4v) is 1.82. The summed E-state index contributed by atoms with van der Waals surface area (Å²) in [6.45, 7) is -0.109. The summed E-state index contributed by atoms with van der Waals surface area (Å²) in [6, 6.07) is 6.58. The number of rotatable bonds is 2. The van der Waals surface area contributed by atoms with E-state index in [0.29, 0.717) is 15.2 Å². The average Bonchev–Trinajstić information content (AvgIpc) is 2.60. The lowest BCUT2D eigenvalue weighted by atomic mass is 10.2. The highest BCUT2D eigenvalue weighted by molar-refractivity contribution is 6.31. The van der Waals surface area contributed by atoms with Crippen molar-refractivity contribution in [2.24, 2.45) is 7.05 Å². The van der Waals surface area contributed by atoms with Crippen molar-refractivity contribution in [1.82, 2.24) is 14.3 Å². The lowest BCUT2D eigenvalue weighted by Crippen LogP contribution is -2.24. The summed E-state index contributed by atoms with van der Waals surface area (Å²) in [7, 11) is 1.03. The normalized spacial score (nSPS) is 11.8. The first-order chi connectivity index (χ1) is 8.80. The number of halogens is 4. The molecule has 0 aliphatic heterocycles. The first kappa shape index (κ1) is 13.7. The highest BCUT2D eigenvalue weighted by atomic mass is 35.5. The van der Waals surface area contributed by atoms with Crippen molar-refractivity contribution in [3.05, 3.63) is 51.2 Å². The van der Waals surface area contributed by atoms with Crippen LogP contribution in [0.5, 0.6) is 0 Å². The van der Waals surface area contributed by atoms with E-state index in [2.05, 4.69) is 5.10 Å². The predicted molar refractivity (Wildman–Crippen MR) is 63.0 cm³/mol. The van der Waals surface area contributed by atoms with Gasteiger partial charge in [-0.15, -0.1) is 5.10 Å². The second-order valence-corrected chi connectivity index (χ2v) is 4.32. The van der Waals surface area contributed by atoms with E-state index in [1.807, 2.05) is 0 Å². The van der Waals surface area contributed by atoms with E-state index in [9.17, 15) is 18.0 Å². The van der Waals surface area contributed by atoms with Crippen LogP contribution < -0.4 is 5.69 Å². The molecule has 0 aliphatic rings. The molecule has 0 bridgehead atoms. The molecule has 0 saturated heterocycles. The first-order valence-electron chi connectivity index (χ1n) is 5.25. The molecule has 1 aromatic heterocycles. The monoisotopic (exact) mass is 291 g/mol. The van der Waals surface area contributed by atoms with Gasteiger partial charge >= 0.3 is 11.9 Å². The van der Waals surface area contributed by atoms with Crippen LogP contribution in [0.15, 0.2) is 29.1 Å². The number of hydrogen-bond acceptors (Lipinski definition) is 2. The molecule has 8 heteroatoms. The number of aromatic nitrogens is 3. The van der Waals surface area contributed by atoms with Gasteiger partial charge in [-0.25, -0.2) is 9.48 Å². The second kappa shape index (κ2) is 4.73. The molecule has 0 amide bonds. The number of benzene rings is 1. The Balaban J connectivity index is 2.43. The number of hydrogen-bond donors (Lipinski definition) is 0. The largest absolute Gasteiger partial charge is 0.451 e. The molecule has 1 heterocycles. The minimum Gasteiger partial charge on any atom is -0.274 e. The van der Waals surface area contributed by atoms with Crippen molar-refractivity contribution in [2.45, 2.75) is 12.7 Å². The number of nitrogens with zero attached hydrogens (tertiary/aromatic N) is 3. The molecule has 4 nitrogen and oxygen atoms in total. The van der Waals surface area contributed by atoms with Crippen molar-refractivity contribution in [2.75, 3.05) is 0 Å². The molecule has 0 saturated carbocycles. The summed E-state index contributed by atoms with van der Waals surface area (Å²) in [4.78, 5) is 11.7. The Morgan fingerprint density at radius 3 is 2.47 bits per heavy atom. The standard InChI is InChI=1S/C11H9ClF3N3O/c1-17-9(11(13,14)15)16-18(10(17)19)6-7-4-2-3-5-8(7)12/h2-5H,6H2,1H3. The fourth-order valence-electron chi connectivity index (χ4n) is 1.63. The third-order valence-corrected chi connectivity index (χ3v) is 2.94. The second-order valence-electron chi connectivity index (χ2n) is 3.91. The van der Waals surface area contributed by atoms with Crippen LogP contribution in [0, 0.1) is 0 Å². The molecule has 0 atom stereocenters. The maximum Gasteiger partial charge on any atom is 0.451 e. The summed E-state index contributed by atoms with van der Waals surface area (Å²) in [5.74, 6) is -1.23. The van der Waals surface area contributed by atoms with Crippen molar-refractivity contribution in [1.29, 1.82) is 0 Å². The third kappa shape index (κ3) is 2.65. The van der Waals surface area contributed by atoms with Gasteiger partial charge in [0.25, 0.3) is 0 Å². The van der Waals surface area contributed by atoms with Gasteiger partial charge in [-0.2, -0.15) is 13.2 Å². The highest BCUT2D eigenvalue weighted by Crippen LogP contribution is 2.26. The fraction of sp³-hybridized carbons (Fsp3) is 0.273. The Bertz CT molecular complexity index is 660. The zero-order valence-corrected chi connectivity index (χ0v) is 10.5. The number of alkyl halides is 3. The molecule has 0 spiro atoms. The Labute approximate surface area is 111 Å². The third-order valence-electron chi connectivity index (χ3n) is 2.57. The van der Waals surface area contributed by atoms with Crippen molar-refractivity contribution >= 4 is 11.6 Å². The van der Waals surface area contributed by atoms with Crippen LogP contribution in [0.25, 0.3) is 0 Å². The minimum absolute atomic E-state index is 0.109. The lowest BCUT2D eigenvalue weighted by molar-refractivity contribution is -0.147. The van der Waals surface area contributed by atoms with E-state index in [0.717, 1.165) is 11.7 Å². The molecular weight excluding hydrogens is 283 g/mol. The summed E-state index contributed by atoms with van der Waals surface area (Å²) in [5.41, 5.74) is -0.315. The van der Waals surface area contributed by atoms with E-state index < -0.39 is 17.7 Å². The molecule has 2 aromatic rings. The van der Waals surface area contributed by atoms with Crippen molar-refractivity contribution < 1.29 is 13.2 Å². The quantitative estimate of drug-likeness (QED) is 0.852. The Kier molecular flexibility index (Phi) is 3.40. The molecule has 0 aliphatic carbocycles. The van der Waals surface area contributed by atoms with Crippen LogP contribution in [-0.4, -0.2) is 14.3 Å². The van der Waals surface area contributed by atoms with Crippen LogP contribution >= 0.6 is 11.6 Å². The molecule has 19 heavy (non-hydrogen) atoms. The van der Waals surface area contributed by atoms with Gasteiger partial charge in [-0.3, -0.25) is 4.57 Å². The molecule has 0 unspecified atom stereocenters. The summed E-state index contributed by atoms with van der Waals surface area (Å²) >= 11 is 5.89. The van der Waals surface area contributed by atoms with Crippen LogP contribution in [0.1, 0.15) is 11.4 Å². The summed E-state index contributed by atoms with van der Waals surface area (Å²) < 4.78 is 39.0. The smallest absolute Gasteiger partial charge is 0.274 e. The van der Waals surface area contributed by atoms with Crippen LogP contribution in [0.2, 0.25) is 5.02 Å². The Morgan fingerprint density at radius 1 is 1.32 bits per heavy atom. The van der Waals surface area contributed by atoms with Gasteiger partial charge in [0.05, 0.1) is 6.54 Å². The van der Waals surface area contributed by atoms with Crippen LogP contribution in [0.4, 0.5) is 13.2 Å². The van der Waals surface area contributed by atoms with E-state index in [-0.39, 0.29) is 6.54 Å². The van der Waals surface area contributed by atoms with Gasteiger partial charge < -0.3 is 0 Å². The molecule has 102 valence electrons.